The summed E-state index contributed by atoms with van der Waals surface area (Å²) < 4.78 is 5.87. The first-order chi connectivity index (χ1) is 9.19. The average molecular weight is 271 g/mol. The Morgan fingerprint density at radius 2 is 2.00 bits per heavy atom. The fourth-order valence-electron chi connectivity index (χ4n) is 2.15. The van der Waals surface area contributed by atoms with Crippen LogP contribution in [-0.4, -0.2) is 6.29 Å². The van der Waals surface area contributed by atoms with Gasteiger partial charge in [-0.1, -0.05) is 35.9 Å². The van der Waals surface area contributed by atoms with Crippen molar-refractivity contribution in [3.8, 4) is 11.3 Å². The minimum atomic E-state index is 0.515. The summed E-state index contributed by atoms with van der Waals surface area (Å²) in [6.45, 7) is 2.01. The van der Waals surface area contributed by atoms with Crippen molar-refractivity contribution in [2.75, 3.05) is 0 Å². The van der Waals surface area contributed by atoms with Crippen molar-refractivity contribution in [2.24, 2.45) is 0 Å². The van der Waals surface area contributed by atoms with E-state index >= 15 is 0 Å². The normalized spacial score (nSPS) is 10.8. The average Bonchev–Trinajstić information content (AvgIpc) is 2.83. The lowest BCUT2D eigenvalue weighted by atomic mass is 10.1. The summed E-state index contributed by atoms with van der Waals surface area (Å²) in [7, 11) is 0. The first kappa shape index (κ1) is 12.0. The molecule has 0 aliphatic carbocycles. The first-order valence-corrected chi connectivity index (χ1v) is 6.31. The molecule has 0 aliphatic heterocycles. The molecule has 19 heavy (non-hydrogen) atoms. The van der Waals surface area contributed by atoms with Gasteiger partial charge in [-0.05, 0) is 30.7 Å². The molecule has 0 bridgehead atoms. The number of carbonyl (C=O) groups excluding carboxylic acids is 1. The maximum Gasteiger partial charge on any atom is 0.150 e. The second-order valence-electron chi connectivity index (χ2n) is 4.46. The van der Waals surface area contributed by atoms with Crippen LogP contribution in [0.2, 0.25) is 5.02 Å². The van der Waals surface area contributed by atoms with E-state index in [9.17, 15) is 4.79 Å². The highest BCUT2D eigenvalue weighted by Crippen LogP contribution is 2.33. The van der Waals surface area contributed by atoms with E-state index in [1.807, 2.05) is 31.2 Å². The van der Waals surface area contributed by atoms with Crippen LogP contribution in [0.3, 0.4) is 0 Å². The van der Waals surface area contributed by atoms with Crippen molar-refractivity contribution < 1.29 is 9.21 Å². The van der Waals surface area contributed by atoms with Crippen molar-refractivity contribution in [3.63, 3.8) is 0 Å². The van der Waals surface area contributed by atoms with Crippen LogP contribution in [0, 0.1) is 6.92 Å². The fourth-order valence-corrected chi connectivity index (χ4v) is 2.43. The van der Waals surface area contributed by atoms with Crippen molar-refractivity contribution >= 4 is 28.9 Å². The summed E-state index contributed by atoms with van der Waals surface area (Å²) in [6, 6.07) is 13.1. The maximum atomic E-state index is 10.7. The van der Waals surface area contributed by atoms with Crippen LogP contribution in [0.4, 0.5) is 0 Å². The number of rotatable bonds is 2. The standard InChI is InChI=1S/C16H11ClO2/c1-10-3-2-4-12-8-15(19-16(10)12)13-6-5-11(9-18)7-14(13)17/h2-9H,1H3. The largest absolute Gasteiger partial charge is 0.456 e. The number of aryl methyl sites for hydroxylation is 1. The molecule has 0 unspecified atom stereocenters. The van der Waals surface area contributed by atoms with Crippen LogP contribution >= 0.6 is 11.6 Å². The molecule has 1 heterocycles. The number of fused-ring (bicyclic) bond motifs is 1. The van der Waals surface area contributed by atoms with Crippen molar-refractivity contribution in [2.45, 2.75) is 6.92 Å². The summed E-state index contributed by atoms with van der Waals surface area (Å²) in [4.78, 5) is 10.7. The lowest BCUT2D eigenvalue weighted by Crippen LogP contribution is -1.82. The molecule has 0 saturated heterocycles. The molecule has 0 spiro atoms. The van der Waals surface area contributed by atoms with Gasteiger partial charge >= 0.3 is 0 Å². The predicted octanol–water partition coefficient (Wildman–Crippen LogP) is 4.87. The second-order valence-corrected chi connectivity index (χ2v) is 4.87. The Bertz CT molecular complexity index is 772. The molecule has 2 nitrogen and oxygen atoms in total. The quantitative estimate of drug-likeness (QED) is 0.622. The molecule has 0 atom stereocenters. The Hall–Kier alpha value is -2.06. The lowest BCUT2D eigenvalue weighted by molar-refractivity contribution is 0.112. The summed E-state index contributed by atoms with van der Waals surface area (Å²) in [5, 5.41) is 1.56. The van der Waals surface area contributed by atoms with Crippen molar-refractivity contribution in [1.82, 2.24) is 0 Å². The number of benzene rings is 2. The van der Waals surface area contributed by atoms with E-state index < -0.39 is 0 Å². The zero-order chi connectivity index (χ0) is 13.4. The summed E-state index contributed by atoms with van der Waals surface area (Å²) >= 11 is 6.19. The molecule has 0 aliphatic rings. The van der Waals surface area contributed by atoms with Crippen LogP contribution in [0.25, 0.3) is 22.3 Å². The van der Waals surface area contributed by atoms with E-state index in [1.165, 1.54) is 0 Å². The molecule has 3 rings (SSSR count). The fraction of sp³-hybridized carbons (Fsp3) is 0.0625. The van der Waals surface area contributed by atoms with Crippen LogP contribution in [0.1, 0.15) is 15.9 Å². The third kappa shape index (κ3) is 2.04. The predicted molar refractivity (Wildman–Crippen MR) is 76.8 cm³/mol. The van der Waals surface area contributed by atoms with Gasteiger partial charge in [0.15, 0.2) is 0 Å². The zero-order valence-corrected chi connectivity index (χ0v) is 11.1. The zero-order valence-electron chi connectivity index (χ0n) is 10.3. The van der Waals surface area contributed by atoms with Gasteiger partial charge < -0.3 is 4.42 Å². The summed E-state index contributed by atoms with van der Waals surface area (Å²) in [5.41, 5.74) is 3.31. The van der Waals surface area contributed by atoms with Crippen LogP contribution < -0.4 is 0 Å². The number of hydrogen-bond donors (Lipinski definition) is 0. The van der Waals surface area contributed by atoms with Crippen LogP contribution in [0.5, 0.6) is 0 Å². The molecule has 0 saturated carbocycles. The molecule has 94 valence electrons. The Kier molecular flexibility index (Phi) is 2.88. The molecule has 3 aromatic rings. The smallest absolute Gasteiger partial charge is 0.150 e. The van der Waals surface area contributed by atoms with E-state index in [4.69, 9.17) is 16.0 Å². The SMILES string of the molecule is Cc1cccc2cc(-c3ccc(C=O)cc3Cl)oc12. The Morgan fingerprint density at radius 1 is 1.16 bits per heavy atom. The lowest BCUT2D eigenvalue weighted by Gasteiger charge is -2.01. The highest BCUT2D eigenvalue weighted by molar-refractivity contribution is 6.33. The van der Waals surface area contributed by atoms with Gasteiger partial charge in [-0.15, -0.1) is 0 Å². The van der Waals surface area contributed by atoms with Gasteiger partial charge in [-0.25, -0.2) is 0 Å². The molecule has 0 amide bonds. The Labute approximate surface area is 115 Å². The van der Waals surface area contributed by atoms with E-state index in [2.05, 4.69) is 0 Å². The van der Waals surface area contributed by atoms with Crippen molar-refractivity contribution in [1.29, 1.82) is 0 Å². The third-order valence-electron chi connectivity index (χ3n) is 3.14. The van der Waals surface area contributed by atoms with Crippen LogP contribution in [-0.2, 0) is 0 Å². The van der Waals surface area contributed by atoms with Crippen LogP contribution in [0.15, 0.2) is 46.9 Å². The highest BCUT2D eigenvalue weighted by atomic mass is 35.5. The Morgan fingerprint density at radius 3 is 2.68 bits per heavy atom. The molecule has 3 heteroatoms. The molecular weight excluding hydrogens is 260 g/mol. The number of hydrogen-bond acceptors (Lipinski definition) is 2. The first-order valence-electron chi connectivity index (χ1n) is 5.93. The van der Waals surface area contributed by atoms with Gasteiger partial charge in [-0.3, -0.25) is 4.79 Å². The molecule has 0 fully saturated rings. The van der Waals surface area contributed by atoms with E-state index in [0.29, 0.717) is 16.3 Å². The van der Waals surface area contributed by atoms with E-state index in [-0.39, 0.29) is 0 Å². The number of aldehydes is 1. The minimum absolute atomic E-state index is 0.515. The minimum Gasteiger partial charge on any atom is -0.456 e. The van der Waals surface area contributed by atoms with Crippen molar-refractivity contribution in [3.05, 3.63) is 58.6 Å². The topological polar surface area (TPSA) is 30.2 Å². The van der Waals surface area contributed by atoms with E-state index in [1.54, 1.807) is 18.2 Å². The van der Waals surface area contributed by atoms with Gasteiger partial charge in [0.2, 0.25) is 0 Å². The summed E-state index contributed by atoms with van der Waals surface area (Å²) in [6.07, 6.45) is 0.776. The molecule has 1 aromatic heterocycles. The molecular formula is C16H11ClO2. The van der Waals surface area contributed by atoms with Gasteiger partial charge in [0.1, 0.15) is 17.6 Å². The monoisotopic (exact) mass is 270 g/mol. The highest BCUT2D eigenvalue weighted by Gasteiger charge is 2.11. The van der Waals surface area contributed by atoms with Gasteiger partial charge in [-0.2, -0.15) is 0 Å². The number of furan rings is 1. The van der Waals surface area contributed by atoms with E-state index in [0.717, 1.165) is 28.4 Å². The van der Waals surface area contributed by atoms with Gasteiger partial charge in [0.25, 0.3) is 0 Å². The number of para-hydroxylation sites is 1. The summed E-state index contributed by atoms with van der Waals surface area (Å²) in [5.74, 6) is 0.715. The van der Waals surface area contributed by atoms with Gasteiger partial charge in [0.05, 0.1) is 5.02 Å². The number of halogens is 1. The second kappa shape index (κ2) is 4.56. The molecule has 0 radical (unpaired) electrons. The Balaban J connectivity index is 2.19. The molecule has 0 N–H and O–H groups in total. The maximum absolute atomic E-state index is 10.7. The number of carbonyl (C=O) groups is 1. The molecule has 2 aromatic carbocycles. The third-order valence-corrected chi connectivity index (χ3v) is 3.45. The van der Waals surface area contributed by atoms with Gasteiger partial charge in [0, 0.05) is 16.5 Å².